The lowest BCUT2D eigenvalue weighted by Crippen LogP contribution is -1.90. The van der Waals surface area contributed by atoms with Gasteiger partial charge in [0.2, 0.25) is 0 Å². The SMILES string of the molecule is CCc1nn(C)cc1-c1[nH]nc(N)c1-c1ccccc1. The van der Waals surface area contributed by atoms with Crippen molar-refractivity contribution >= 4 is 5.82 Å². The quantitative estimate of drug-likeness (QED) is 0.766. The van der Waals surface area contributed by atoms with Crippen LogP contribution in [0.4, 0.5) is 5.82 Å². The van der Waals surface area contributed by atoms with Crippen LogP contribution in [0.5, 0.6) is 0 Å². The molecule has 5 heteroatoms. The van der Waals surface area contributed by atoms with Crippen molar-refractivity contribution in [3.8, 4) is 22.4 Å². The lowest BCUT2D eigenvalue weighted by molar-refractivity contribution is 0.746. The number of aromatic nitrogens is 4. The van der Waals surface area contributed by atoms with Crippen LogP contribution >= 0.6 is 0 Å². The van der Waals surface area contributed by atoms with Gasteiger partial charge in [-0.1, -0.05) is 37.3 Å². The van der Waals surface area contributed by atoms with Crippen LogP contribution in [0, 0.1) is 0 Å². The molecule has 2 heterocycles. The van der Waals surface area contributed by atoms with E-state index >= 15 is 0 Å². The van der Waals surface area contributed by atoms with Crippen LogP contribution in [0.2, 0.25) is 0 Å². The third kappa shape index (κ3) is 1.97. The molecule has 0 spiro atoms. The van der Waals surface area contributed by atoms with Crippen molar-refractivity contribution in [3.05, 3.63) is 42.2 Å². The minimum Gasteiger partial charge on any atom is -0.382 e. The van der Waals surface area contributed by atoms with E-state index < -0.39 is 0 Å². The summed E-state index contributed by atoms with van der Waals surface area (Å²) in [6.45, 7) is 2.09. The Morgan fingerprint density at radius 3 is 2.70 bits per heavy atom. The average molecular weight is 267 g/mol. The number of nitrogens with one attached hydrogen (secondary N) is 1. The summed E-state index contributed by atoms with van der Waals surface area (Å²) >= 11 is 0. The molecule has 3 aromatic rings. The van der Waals surface area contributed by atoms with Crippen molar-refractivity contribution in [2.45, 2.75) is 13.3 Å². The highest BCUT2D eigenvalue weighted by Crippen LogP contribution is 2.35. The molecule has 0 fully saturated rings. The van der Waals surface area contributed by atoms with Gasteiger partial charge in [0.15, 0.2) is 5.82 Å². The minimum atomic E-state index is 0.511. The van der Waals surface area contributed by atoms with Crippen molar-refractivity contribution in [1.29, 1.82) is 0 Å². The Balaban J connectivity index is 2.21. The predicted octanol–water partition coefficient (Wildman–Crippen LogP) is 2.62. The molecule has 20 heavy (non-hydrogen) atoms. The molecule has 0 atom stereocenters. The van der Waals surface area contributed by atoms with Gasteiger partial charge in [0.25, 0.3) is 0 Å². The first-order valence-corrected chi connectivity index (χ1v) is 6.62. The summed E-state index contributed by atoms with van der Waals surface area (Å²) < 4.78 is 1.82. The normalized spacial score (nSPS) is 10.9. The van der Waals surface area contributed by atoms with Gasteiger partial charge >= 0.3 is 0 Å². The van der Waals surface area contributed by atoms with Crippen LogP contribution < -0.4 is 5.73 Å². The first-order chi connectivity index (χ1) is 9.70. The van der Waals surface area contributed by atoms with Crippen molar-refractivity contribution in [2.24, 2.45) is 7.05 Å². The zero-order valence-corrected chi connectivity index (χ0v) is 11.6. The number of nitrogen functional groups attached to an aromatic ring is 1. The molecular weight excluding hydrogens is 250 g/mol. The Morgan fingerprint density at radius 1 is 1.25 bits per heavy atom. The third-order valence-corrected chi connectivity index (χ3v) is 3.37. The Morgan fingerprint density at radius 2 is 2.00 bits per heavy atom. The monoisotopic (exact) mass is 267 g/mol. The molecular formula is C15H17N5. The van der Waals surface area contributed by atoms with Crippen molar-refractivity contribution in [2.75, 3.05) is 5.73 Å². The van der Waals surface area contributed by atoms with E-state index in [4.69, 9.17) is 5.73 Å². The highest BCUT2D eigenvalue weighted by atomic mass is 15.3. The molecule has 0 aliphatic carbocycles. The van der Waals surface area contributed by atoms with Crippen molar-refractivity contribution in [3.63, 3.8) is 0 Å². The highest BCUT2D eigenvalue weighted by Gasteiger charge is 2.18. The van der Waals surface area contributed by atoms with Crippen LogP contribution in [-0.2, 0) is 13.5 Å². The van der Waals surface area contributed by atoms with Crippen molar-refractivity contribution < 1.29 is 0 Å². The average Bonchev–Trinajstić information content (AvgIpc) is 3.02. The second-order valence-corrected chi connectivity index (χ2v) is 4.74. The molecule has 3 rings (SSSR count). The number of anilines is 1. The number of aryl methyl sites for hydroxylation is 2. The van der Waals surface area contributed by atoms with Crippen molar-refractivity contribution in [1.82, 2.24) is 20.0 Å². The van der Waals surface area contributed by atoms with E-state index in [9.17, 15) is 0 Å². The number of aromatic amines is 1. The first-order valence-electron chi connectivity index (χ1n) is 6.62. The molecule has 5 nitrogen and oxygen atoms in total. The number of nitrogens with zero attached hydrogens (tertiary/aromatic N) is 3. The molecule has 2 aromatic heterocycles. The van der Waals surface area contributed by atoms with Gasteiger partial charge < -0.3 is 5.73 Å². The summed E-state index contributed by atoms with van der Waals surface area (Å²) in [7, 11) is 1.92. The van der Waals surface area contributed by atoms with Gasteiger partial charge in [-0.15, -0.1) is 0 Å². The van der Waals surface area contributed by atoms with Gasteiger partial charge in [0, 0.05) is 18.8 Å². The molecule has 0 bridgehead atoms. The van der Waals surface area contributed by atoms with Gasteiger partial charge in [-0.05, 0) is 12.0 Å². The molecule has 0 radical (unpaired) electrons. The maximum Gasteiger partial charge on any atom is 0.153 e. The number of rotatable bonds is 3. The molecule has 0 saturated heterocycles. The van der Waals surface area contributed by atoms with E-state index in [2.05, 4.69) is 22.2 Å². The Hall–Kier alpha value is -2.56. The van der Waals surface area contributed by atoms with Crippen LogP contribution in [0.25, 0.3) is 22.4 Å². The number of nitrogens with two attached hydrogens (primary N) is 1. The minimum absolute atomic E-state index is 0.511. The molecule has 0 aliphatic heterocycles. The maximum atomic E-state index is 6.04. The molecule has 0 amide bonds. The fraction of sp³-hybridized carbons (Fsp3) is 0.200. The summed E-state index contributed by atoms with van der Waals surface area (Å²) in [6.07, 6.45) is 2.86. The van der Waals surface area contributed by atoms with Gasteiger partial charge in [-0.2, -0.15) is 10.2 Å². The fourth-order valence-electron chi connectivity index (χ4n) is 2.45. The zero-order chi connectivity index (χ0) is 14.1. The van der Waals surface area contributed by atoms with Gasteiger partial charge in [0.1, 0.15) is 0 Å². The summed E-state index contributed by atoms with van der Waals surface area (Å²) in [5, 5.41) is 11.7. The number of H-pyrrole nitrogens is 1. The Kier molecular flexibility index (Phi) is 3.02. The van der Waals surface area contributed by atoms with E-state index in [1.807, 2.05) is 48.3 Å². The number of hydrogen-bond donors (Lipinski definition) is 2. The lowest BCUT2D eigenvalue weighted by atomic mass is 10.0. The van der Waals surface area contributed by atoms with E-state index in [0.717, 1.165) is 34.5 Å². The molecule has 102 valence electrons. The topological polar surface area (TPSA) is 72.5 Å². The summed E-state index contributed by atoms with van der Waals surface area (Å²) in [4.78, 5) is 0. The first kappa shape index (κ1) is 12.5. The standard InChI is InChI=1S/C15H17N5/c1-3-12-11(9-20(2)19-12)14-13(15(16)18-17-14)10-7-5-4-6-8-10/h4-9H,3H2,1-2H3,(H3,16,17,18). The maximum absolute atomic E-state index is 6.04. The molecule has 0 unspecified atom stereocenters. The largest absolute Gasteiger partial charge is 0.382 e. The predicted molar refractivity (Wildman–Crippen MR) is 80.0 cm³/mol. The molecule has 0 aliphatic rings. The van der Waals surface area contributed by atoms with Crippen LogP contribution in [0.15, 0.2) is 36.5 Å². The highest BCUT2D eigenvalue weighted by molar-refractivity contribution is 5.88. The van der Waals surface area contributed by atoms with E-state index in [-0.39, 0.29) is 0 Å². The van der Waals surface area contributed by atoms with Gasteiger partial charge in [0.05, 0.1) is 17.0 Å². The van der Waals surface area contributed by atoms with Gasteiger partial charge in [-0.3, -0.25) is 9.78 Å². The fourth-order valence-corrected chi connectivity index (χ4v) is 2.45. The summed E-state index contributed by atoms with van der Waals surface area (Å²) in [6, 6.07) is 10.0. The Labute approximate surface area is 117 Å². The lowest BCUT2D eigenvalue weighted by Gasteiger charge is -2.04. The zero-order valence-electron chi connectivity index (χ0n) is 11.6. The number of hydrogen-bond acceptors (Lipinski definition) is 3. The van der Waals surface area contributed by atoms with E-state index in [0.29, 0.717) is 5.82 Å². The third-order valence-electron chi connectivity index (χ3n) is 3.37. The van der Waals surface area contributed by atoms with Gasteiger partial charge in [-0.25, -0.2) is 0 Å². The van der Waals surface area contributed by atoms with Crippen LogP contribution in [0.1, 0.15) is 12.6 Å². The van der Waals surface area contributed by atoms with E-state index in [1.54, 1.807) is 0 Å². The second kappa shape index (κ2) is 4.85. The summed E-state index contributed by atoms with van der Waals surface area (Å²) in [5.74, 6) is 0.511. The Bertz CT molecular complexity index is 724. The smallest absolute Gasteiger partial charge is 0.153 e. The molecule has 3 N–H and O–H groups in total. The molecule has 0 saturated carbocycles. The van der Waals surface area contributed by atoms with Crippen LogP contribution in [-0.4, -0.2) is 20.0 Å². The second-order valence-electron chi connectivity index (χ2n) is 4.74. The van der Waals surface area contributed by atoms with Crippen LogP contribution in [0.3, 0.4) is 0 Å². The van der Waals surface area contributed by atoms with E-state index in [1.165, 1.54) is 0 Å². The summed E-state index contributed by atoms with van der Waals surface area (Å²) in [5.41, 5.74) is 11.1. The number of benzene rings is 1. The molecule has 1 aromatic carbocycles.